The molecule has 0 bridgehead atoms. The average Bonchev–Trinajstić information content (AvgIpc) is 3.07. The minimum atomic E-state index is 0.901. The second-order valence-corrected chi connectivity index (χ2v) is 6.49. The molecule has 0 saturated carbocycles. The molecular weight excluding hydrogens is 318 g/mol. The molecule has 2 aromatic heterocycles. The van der Waals surface area contributed by atoms with Crippen LogP contribution in [0.4, 0.5) is 0 Å². The highest BCUT2D eigenvalue weighted by molar-refractivity contribution is 6.09. The summed E-state index contributed by atoms with van der Waals surface area (Å²) in [5.41, 5.74) is 6.35. The largest absolute Gasteiger partial charge is 0.455 e. The average molecular weight is 335 g/mol. The fraction of sp³-hybridized carbons (Fsp3) is 0.0417. The first-order valence-corrected chi connectivity index (χ1v) is 8.78. The summed E-state index contributed by atoms with van der Waals surface area (Å²) in [6, 6.07) is 29.2. The van der Waals surface area contributed by atoms with Gasteiger partial charge in [-0.15, -0.1) is 0 Å². The molecule has 0 amide bonds. The van der Waals surface area contributed by atoms with Gasteiger partial charge >= 0.3 is 0 Å². The predicted molar refractivity (Wildman–Crippen MR) is 106 cm³/mol. The summed E-state index contributed by atoms with van der Waals surface area (Å²) in [6.07, 6.45) is 2.72. The van der Waals surface area contributed by atoms with Crippen molar-refractivity contribution in [1.29, 1.82) is 0 Å². The molecule has 2 heteroatoms. The number of nitrogens with zero attached hydrogens (tertiary/aromatic N) is 1. The van der Waals surface area contributed by atoms with Crippen molar-refractivity contribution in [2.45, 2.75) is 6.42 Å². The number of fused-ring (bicyclic) bond motifs is 3. The molecule has 0 fully saturated rings. The highest BCUT2D eigenvalue weighted by Crippen LogP contribution is 2.35. The van der Waals surface area contributed by atoms with Crippen LogP contribution >= 0.6 is 0 Å². The highest BCUT2D eigenvalue weighted by Gasteiger charge is 2.13. The molecule has 124 valence electrons. The highest BCUT2D eigenvalue weighted by atomic mass is 16.3. The smallest absolute Gasteiger partial charge is 0.144 e. The molecule has 2 nitrogen and oxygen atoms in total. The van der Waals surface area contributed by atoms with E-state index >= 15 is 0 Å². The number of pyridine rings is 1. The maximum absolute atomic E-state index is 6.28. The van der Waals surface area contributed by atoms with Crippen molar-refractivity contribution in [3.8, 4) is 11.3 Å². The number of aromatic nitrogens is 1. The van der Waals surface area contributed by atoms with Crippen LogP contribution in [0.3, 0.4) is 0 Å². The number of rotatable bonds is 3. The molecule has 0 aliphatic carbocycles. The van der Waals surface area contributed by atoms with Gasteiger partial charge in [-0.1, -0.05) is 60.7 Å². The van der Waals surface area contributed by atoms with Crippen molar-refractivity contribution in [3.63, 3.8) is 0 Å². The lowest BCUT2D eigenvalue weighted by Gasteiger charge is -2.01. The summed E-state index contributed by atoms with van der Waals surface area (Å²) in [5.74, 6) is 0. The van der Waals surface area contributed by atoms with Crippen LogP contribution in [-0.2, 0) is 6.42 Å². The van der Waals surface area contributed by atoms with E-state index in [2.05, 4.69) is 65.6 Å². The Morgan fingerprint density at radius 2 is 1.58 bits per heavy atom. The standard InChI is InChI=1S/C24H17NO/c1-2-7-17(8-3-1)15-18-12-13-19-20-9-6-10-21(22-11-4-5-14-25-22)24(20)26-23(19)16-18/h1-14,16H,15H2. The van der Waals surface area contributed by atoms with E-state index in [9.17, 15) is 0 Å². The third-order valence-corrected chi connectivity index (χ3v) is 4.76. The fourth-order valence-corrected chi connectivity index (χ4v) is 3.51. The summed E-state index contributed by atoms with van der Waals surface area (Å²) in [6.45, 7) is 0. The van der Waals surface area contributed by atoms with E-state index in [1.807, 2.05) is 30.5 Å². The van der Waals surface area contributed by atoms with Gasteiger partial charge in [-0.2, -0.15) is 0 Å². The molecule has 0 unspecified atom stereocenters. The summed E-state index contributed by atoms with van der Waals surface area (Å²) >= 11 is 0. The second kappa shape index (κ2) is 6.16. The van der Waals surface area contributed by atoms with Crippen LogP contribution in [0.2, 0.25) is 0 Å². The molecule has 0 spiro atoms. The predicted octanol–water partition coefficient (Wildman–Crippen LogP) is 6.24. The Balaban J connectivity index is 1.65. The van der Waals surface area contributed by atoms with Crippen LogP contribution in [0.25, 0.3) is 33.2 Å². The number of hydrogen-bond acceptors (Lipinski definition) is 2. The number of benzene rings is 3. The molecule has 3 aromatic carbocycles. The Hall–Kier alpha value is -3.39. The van der Waals surface area contributed by atoms with Crippen molar-refractivity contribution in [3.05, 3.63) is 102 Å². The number of para-hydroxylation sites is 1. The third-order valence-electron chi connectivity index (χ3n) is 4.76. The number of hydrogen-bond donors (Lipinski definition) is 0. The molecule has 5 aromatic rings. The van der Waals surface area contributed by atoms with E-state index in [0.29, 0.717) is 0 Å². The Labute approximate surface area is 151 Å². The van der Waals surface area contributed by atoms with Gasteiger partial charge in [0.2, 0.25) is 0 Å². The van der Waals surface area contributed by atoms with Crippen LogP contribution in [0.1, 0.15) is 11.1 Å². The molecular formula is C24H17NO. The molecule has 0 N–H and O–H groups in total. The molecule has 0 radical (unpaired) electrons. The van der Waals surface area contributed by atoms with Crippen LogP contribution in [-0.4, -0.2) is 4.98 Å². The monoisotopic (exact) mass is 335 g/mol. The quantitative estimate of drug-likeness (QED) is 0.390. The normalized spacial score (nSPS) is 11.2. The van der Waals surface area contributed by atoms with E-state index in [4.69, 9.17) is 4.42 Å². The van der Waals surface area contributed by atoms with Crippen molar-refractivity contribution in [2.24, 2.45) is 0 Å². The van der Waals surface area contributed by atoms with Gasteiger partial charge in [-0.25, -0.2) is 0 Å². The maximum Gasteiger partial charge on any atom is 0.144 e. The van der Waals surface area contributed by atoms with Gasteiger partial charge < -0.3 is 4.42 Å². The van der Waals surface area contributed by atoms with Gasteiger partial charge in [0.25, 0.3) is 0 Å². The van der Waals surface area contributed by atoms with Gasteiger partial charge in [0.15, 0.2) is 0 Å². The van der Waals surface area contributed by atoms with Gasteiger partial charge in [0.05, 0.1) is 5.69 Å². The zero-order valence-corrected chi connectivity index (χ0v) is 14.2. The zero-order chi connectivity index (χ0) is 17.3. The SMILES string of the molecule is c1ccc(Cc2ccc3c(c2)oc2c(-c4ccccn4)cccc23)cc1. The molecule has 0 aliphatic heterocycles. The zero-order valence-electron chi connectivity index (χ0n) is 14.2. The topological polar surface area (TPSA) is 26.0 Å². The minimum Gasteiger partial charge on any atom is -0.455 e. The Morgan fingerprint density at radius 3 is 2.42 bits per heavy atom. The molecule has 2 heterocycles. The summed E-state index contributed by atoms with van der Waals surface area (Å²) in [4.78, 5) is 4.48. The van der Waals surface area contributed by atoms with Gasteiger partial charge in [-0.05, 0) is 41.8 Å². The molecule has 0 atom stereocenters. The van der Waals surface area contributed by atoms with Crippen molar-refractivity contribution < 1.29 is 4.42 Å². The van der Waals surface area contributed by atoms with Crippen LogP contribution < -0.4 is 0 Å². The Kier molecular flexibility index (Phi) is 3.53. The van der Waals surface area contributed by atoms with E-state index in [1.54, 1.807) is 0 Å². The summed E-state index contributed by atoms with van der Waals surface area (Å²) < 4.78 is 6.28. The molecule has 26 heavy (non-hydrogen) atoms. The van der Waals surface area contributed by atoms with Crippen molar-refractivity contribution in [2.75, 3.05) is 0 Å². The van der Waals surface area contributed by atoms with Gasteiger partial charge in [0, 0.05) is 22.5 Å². The fourth-order valence-electron chi connectivity index (χ4n) is 3.51. The van der Waals surface area contributed by atoms with E-state index in [1.165, 1.54) is 11.1 Å². The third kappa shape index (κ3) is 2.56. The summed E-state index contributed by atoms with van der Waals surface area (Å²) in [7, 11) is 0. The first kappa shape index (κ1) is 14.9. The Morgan fingerprint density at radius 1 is 0.692 bits per heavy atom. The lowest BCUT2D eigenvalue weighted by atomic mass is 10.0. The van der Waals surface area contributed by atoms with Crippen LogP contribution in [0.5, 0.6) is 0 Å². The van der Waals surface area contributed by atoms with Crippen molar-refractivity contribution in [1.82, 2.24) is 4.98 Å². The van der Waals surface area contributed by atoms with Gasteiger partial charge in [-0.3, -0.25) is 4.98 Å². The van der Waals surface area contributed by atoms with Crippen LogP contribution in [0, 0.1) is 0 Å². The first-order valence-electron chi connectivity index (χ1n) is 8.78. The van der Waals surface area contributed by atoms with E-state index in [0.717, 1.165) is 39.6 Å². The lowest BCUT2D eigenvalue weighted by Crippen LogP contribution is -1.86. The second-order valence-electron chi connectivity index (χ2n) is 6.49. The first-order chi connectivity index (χ1) is 12.9. The maximum atomic E-state index is 6.28. The Bertz CT molecular complexity index is 1190. The van der Waals surface area contributed by atoms with E-state index in [-0.39, 0.29) is 0 Å². The molecule has 0 saturated heterocycles. The molecule has 5 rings (SSSR count). The van der Waals surface area contributed by atoms with Crippen molar-refractivity contribution >= 4 is 21.9 Å². The minimum absolute atomic E-state index is 0.901. The number of furan rings is 1. The molecule has 0 aliphatic rings. The van der Waals surface area contributed by atoms with E-state index < -0.39 is 0 Å². The summed E-state index contributed by atoms with van der Waals surface area (Å²) in [5, 5.41) is 2.28. The lowest BCUT2D eigenvalue weighted by molar-refractivity contribution is 0.669. The van der Waals surface area contributed by atoms with Gasteiger partial charge in [0.1, 0.15) is 11.2 Å². The van der Waals surface area contributed by atoms with Crippen LogP contribution in [0.15, 0.2) is 95.5 Å².